The molecule has 3 aromatic rings. The minimum atomic E-state index is -0.445. The molecule has 0 bridgehead atoms. The number of pyridine rings is 1. The molecule has 8 heteroatoms. The second-order valence-electron chi connectivity index (χ2n) is 4.56. The van der Waals surface area contributed by atoms with Crippen molar-refractivity contribution >= 4 is 44.5 Å². The van der Waals surface area contributed by atoms with Gasteiger partial charge in [-0.15, -0.1) is 0 Å². The number of urea groups is 1. The van der Waals surface area contributed by atoms with Gasteiger partial charge in [0.2, 0.25) is 5.95 Å². The highest BCUT2D eigenvalue weighted by Gasteiger charge is 2.09. The number of hydrogen-bond acceptors (Lipinski definition) is 5. The zero-order valence-corrected chi connectivity index (χ0v) is 13.7. The molecule has 0 aliphatic rings. The number of carbonyl (C=O) groups is 1. The quantitative estimate of drug-likeness (QED) is 0.733. The number of anilines is 2. The number of methoxy groups -OCH3 is 1. The van der Waals surface area contributed by atoms with Gasteiger partial charge in [0.1, 0.15) is 5.75 Å². The second kappa shape index (κ2) is 6.57. The predicted molar refractivity (Wildman–Crippen MR) is 90.7 cm³/mol. The van der Waals surface area contributed by atoms with Crippen LogP contribution in [0.5, 0.6) is 5.75 Å². The fourth-order valence-electron chi connectivity index (χ4n) is 2.00. The highest BCUT2D eigenvalue weighted by atomic mass is 79.9. The van der Waals surface area contributed by atoms with Crippen molar-refractivity contribution in [1.29, 1.82) is 0 Å². The van der Waals surface area contributed by atoms with Crippen molar-refractivity contribution in [3.63, 3.8) is 0 Å². The maximum absolute atomic E-state index is 11.9. The third kappa shape index (κ3) is 3.54. The minimum Gasteiger partial charge on any atom is -0.496 e. The van der Waals surface area contributed by atoms with Crippen LogP contribution in [0.3, 0.4) is 0 Å². The van der Waals surface area contributed by atoms with E-state index in [0.717, 1.165) is 9.86 Å². The average Bonchev–Trinajstić information content (AvgIpc) is 2.54. The zero-order valence-electron chi connectivity index (χ0n) is 12.1. The molecule has 1 aromatic carbocycles. The fraction of sp³-hybridized carbons (Fsp3) is 0.0667. The molecule has 2 heterocycles. The maximum atomic E-state index is 11.9. The first-order chi connectivity index (χ1) is 11.2. The van der Waals surface area contributed by atoms with Crippen LogP contribution >= 0.6 is 15.9 Å². The molecule has 2 amide bonds. The van der Waals surface area contributed by atoms with Crippen molar-refractivity contribution in [1.82, 2.24) is 15.0 Å². The van der Waals surface area contributed by atoms with Crippen molar-refractivity contribution < 1.29 is 9.53 Å². The van der Waals surface area contributed by atoms with E-state index in [1.165, 1.54) is 0 Å². The molecule has 7 nitrogen and oxygen atoms in total. The molecule has 3 rings (SSSR count). The molecule has 0 fully saturated rings. The van der Waals surface area contributed by atoms with E-state index in [0.29, 0.717) is 17.0 Å². The maximum Gasteiger partial charge on any atom is 0.326 e. The number of nitrogens with zero attached hydrogens (tertiary/aromatic N) is 3. The van der Waals surface area contributed by atoms with Gasteiger partial charge in [-0.3, -0.25) is 10.3 Å². The number of fused-ring (bicyclic) bond motifs is 1. The number of ether oxygens (including phenoxy) is 1. The molecular weight excluding hydrogens is 362 g/mol. The standard InChI is InChI=1S/C15H12BrN5O2/c1-23-13-6-9(16)5-12-11(13)8-18-14(20-12)21-15(22)19-10-3-2-4-17-7-10/h2-8H,1H3,(H2,18,19,20,21,22). The van der Waals surface area contributed by atoms with E-state index in [1.807, 2.05) is 12.1 Å². The Kier molecular flexibility index (Phi) is 4.33. The van der Waals surface area contributed by atoms with Crippen LogP contribution < -0.4 is 15.4 Å². The summed E-state index contributed by atoms with van der Waals surface area (Å²) >= 11 is 3.40. The summed E-state index contributed by atoms with van der Waals surface area (Å²) in [6.45, 7) is 0. The normalized spacial score (nSPS) is 10.3. The molecule has 2 aromatic heterocycles. The lowest BCUT2D eigenvalue weighted by atomic mass is 10.2. The Hall–Kier alpha value is -2.74. The Morgan fingerprint density at radius 3 is 2.87 bits per heavy atom. The first-order valence-corrected chi connectivity index (χ1v) is 7.43. The highest BCUT2D eigenvalue weighted by Crippen LogP contribution is 2.28. The molecule has 0 spiro atoms. The van der Waals surface area contributed by atoms with Gasteiger partial charge in [-0.1, -0.05) is 15.9 Å². The molecule has 0 atom stereocenters. The fourth-order valence-corrected chi connectivity index (χ4v) is 2.42. The van der Waals surface area contributed by atoms with Crippen molar-refractivity contribution in [2.45, 2.75) is 0 Å². The predicted octanol–water partition coefficient (Wildman–Crippen LogP) is 3.44. The van der Waals surface area contributed by atoms with Crippen LogP contribution in [0.25, 0.3) is 10.9 Å². The lowest BCUT2D eigenvalue weighted by Gasteiger charge is -2.08. The number of hydrogen-bond donors (Lipinski definition) is 2. The van der Waals surface area contributed by atoms with Crippen LogP contribution in [-0.4, -0.2) is 28.1 Å². The summed E-state index contributed by atoms with van der Waals surface area (Å²) in [4.78, 5) is 24.3. The smallest absolute Gasteiger partial charge is 0.326 e. The Morgan fingerprint density at radius 1 is 1.26 bits per heavy atom. The Balaban J connectivity index is 1.82. The van der Waals surface area contributed by atoms with E-state index in [-0.39, 0.29) is 5.95 Å². The van der Waals surface area contributed by atoms with E-state index in [2.05, 4.69) is 41.5 Å². The van der Waals surface area contributed by atoms with Gasteiger partial charge in [-0.2, -0.15) is 0 Å². The van der Waals surface area contributed by atoms with E-state index >= 15 is 0 Å². The summed E-state index contributed by atoms with van der Waals surface area (Å²) < 4.78 is 6.12. The van der Waals surface area contributed by atoms with Crippen molar-refractivity contribution in [2.24, 2.45) is 0 Å². The molecule has 116 valence electrons. The number of nitrogens with one attached hydrogen (secondary N) is 2. The molecule has 0 radical (unpaired) electrons. The van der Waals surface area contributed by atoms with E-state index in [1.54, 1.807) is 37.8 Å². The number of rotatable bonds is 3. The van der Waals surface area contributed by atoms with Gasteiger partial charge in [0, 0.05) is 16.9 Å². The lowest BCUT2D eigenvalue weighted by Crippen LogP contribution is -2.20. The Bertz CT molecular complexity index is 857. The third-order valence-electron chi connectivity index (χ3n) is 2.99. The largest absolute Gasteiger partial charge is 0.496 e. The second-order valence-corrected chi connectivity index (χ2v) is 5.47. The van der Waals surface area contributed by atoms with Crippen LogP contribution in [0.4, 0.5) is 16.4 Å². The lowest BCUT2D eigenvalue weighted by molar-refractivity contribution is 0.262. The van der Waals surface area contributed by atoms with Gasteiger partial charge in [-0.25, -0.2) is 14.8 Å². The molecule has 0 saturated carbocycles. The van der Waals surface area contributed by atoms with Crippen molar-refractivity contribution in [2.75, 3.05) is 17.7 Å². The summed E-state index contributed by atoms with van der Waals surface area (Å²) in [6.07, 6.45) is 4.77. The van der Waals surface area contributed by atoms with Crippen LogP contribution in [-0.2, 0) is 0 Å². The van der Waals surface area contributed by atoms with Crippen molar-refractivity contribution in [3.8, 4) is 5.75 Å². The number of amides is 2. The molecule has 0 aliphatic heterocycles. The average molecular weight is 374 g/mol. The molecular formula is C15H12BrN5O2. The van der Waals surface area contributed by atoms with Crippen LogP contribution in [0.2, 0.25) is 0 Å². The van der Waals surface area contributed by atoms with Gasteiger partial charge >= 0.3 is 6.03 Å². The third-order valence-corrected chi connectivity index (χ3v) is 3.45. The van der Waals surface area contributed by atoms with Gasteiger partial charge in [0.25, 0.3) is 0 Å². The number of carbonyl (C=O) groups excluding carboxylic acids is 1. The van der Waals surface area contributed by atoms with E-state index in [9.17, 15) is 4.79 Å². The molecule has 23 heavy (non-hydrogen) atoms. The van der Waals surface area contributed by atoms with Crippen LogP contribution in [0.15, 0.2) is 47.3 Å². The number of aromatic nitrogens is 3. The minimum absolute atomic E-state index is 0.194. The van der Waals surface area contributed by atoms with Crippen LogP contribution in [0, 0.1) is 0 Å². The van der Waals surface area contributed by atoms with Gasteiger partial charge < -0.3 is 10.1 Å². The van der Waals surface area contributed by atoms with Crippen LogP contribution in [0.1, 0.15) is 0 Å². The Labute approximate surface area is 140 Å². The SMILES string of the molecule is COc1cc(Br)cc2nc(NC(=O)Nc3cccnc3)ncc12. The highest BCUT2D eigenvalue weighted by molar-refractivity contribution is 9.10. The van der Waals surface area contributed by atoms with Crippen molar-refractivity contribution in [3.05, 3.63) is 47.3 Å². The first-order valence-electron chi connectivity index (χ1n) is 6.64. The van der Waals surface area contributed by atoms with E-state index < -0.39 is 6.03 Å². The topological polar surface area (TPSA) is 89.0 Å². The molecule has 2 N–H and O–H groups in total. The number of benzene rings is 1. The first kappa shape index (κ1) is 15.2. The molecule has 0 unspecified atom stereocenters. The zero-order chi connectivity index (χ0) is 16.2. The van der Waals surface area contributed by atoms with Gasteiger partial charge in [-0.05, 0) is 24.3 Å². The summed E-state index contributed by atoms with van der Waals surface area (Å²) in [5, 5.41) is 5.99. The molecule has 0 aliphatic carbocycles. The Morgan fingerprint density at radius 2 is 2.13 bits per heavy atom. The van der Waals surface area contributed by atoms with Gasteiger partial charge in [0.05, 0.1) is 29.9 Å². The summed E-state index contributed by atoms with van der Waals surface area (Å²) in [5.74, 6) is 0.847. The summed E-state index contributed by atoms with van der Waals surface area (Å²) in [6, 6.07) is 6.67. The molecule has 0 saturated heterocycles. The van der Waals surface area contributed by atoms with E-state index in [4.69, 9.17) is 4.74 Å². The summed E-state index contributed by atoms with van der Waals surface area (Å²) in [7, 11) is 1.58. The van der Waals surface area contributed by atoms with Gasteiger partial charge in [0.15, 0.2) is 0 Å². The monoisotopic (exact) mass is 373 g/mol. The summed E-state index contributed by atoms with van der Waals surface area (Å²) in [5.41, 5.74) is 1.23. The number of halogens is 1.